The molecule has 20 heavy (non-hydrogen) atoms. The zero-order chi connectivity index (χ0) is 14.5. The number of nitrogens with zero attached hydrogens (tertiary/aromatic N) is 2. The highest BCUT2D eigenvalue weighted by Gasteiger charge is 2.19. The van der Waals surface area contributed by atoms with E-state index >= 15 is 0 Å². The highest BCUT2D eigenvalue weighted by Crippen LogP contribution is 2.32. The Morgan fingerprint density at radius 1 is 1.40 bits per heavy atom. The second-order valence-electron chi connectivity index (χ2n) is 3.92. The molecule has 1 aromatic heterocycles. The van der Waals surface area contributed by atoms with Gasteiger partial charge in [0.25, 0.3) is 5.88 Å². The summed E-state index contributed by atoms with van der Waals surface area (Å²) in [6.45, 7) is -0.0315. The van der Waals surface area contributed by atoms with E-state index in [0.717, 1.165) is 5.56 Å². The van der Waals surface area contributed by atoms with Gasteiger partial charge in [-0.15, -0.1) is 0 Å². The molecule has 0 unspecified atom stereocenters. The summed E-state index contributed by atoms with van der Waals surface area (Å²) in [7, 11) is 0. The van der Waals surface area contributed by atoms with Crippen LogP contribution in [0.4, 0.5) is 5.69 Å². The zero-order valence-electron chi connectivity index (χ0n) is 10.3. The molecule has 0 spiro atoms. The first kappa shape index (κ1) is 14.4. The number of pyridine rings is 1. The van der Waals surface area contributed by atoms with E-state index in [4.69, 9.17) is 9.84 Å². The van der Waals surface area contributed by atoms with Crippen LogP contribution in [0.1, 0.15) is 5.56 Å². The minimum Gasteiger partial charge on any atom is -0.433 e. The van der Waals surface area contributed by atoms with Gasteiger partial charge in [-0.25, -0.2) is 4.98 Å². The van der Waals surface area contributed by atoms with Crippen LogP contribution in [-0.4, -0.2) is 21.6 Å². The molecule has 2 rings (SSSR count). The van der Waals surface area contributed by atoms with Crippen molar-refractivity contribution in [3.63, 3.8) is 0 Å². The van der Waals surface area contributed by atoms with Gasteiger partial charge in [0.1, 0.15) is 5.75 Å². The van der Waals surface area contributed by atoms with Gasteiger partial charge in [0.05, 0.1) is 4.92 Å². The summed E-state index contributed by atoms with van der Waals surface area (Å²) in [6.07, 6.45) is 1.83. The van der Waals surface area contributed by atoms with Crippen LogP contribution in [0.15, 0.2) is 41.0 Å². The summed E-state index contributed by atoms with van der Waals surface area (Å²) in [5.74, 6) is 0.364. The Hall–Kier alpha value is -1.99. The van der Waals surface area contributed by atoms with Gasteiger partial charge in [-0.05, 0) is 34.0 Å². The molecule has 0 aliphatic heterocycles. The molecule has 1 aromatic carbocycles. The maximum atomic E-state index is 11.0. The maximum Gasteiger partial charge on any atom is 0.332 e. The zero-order valence-corrected chi connectivity index (χ0v) is 11.9. The molecule has 1 heterocycles. The molecule has 0 aliphatic rings. The van der Waals surface area contributed by atoms with Crippen molar-refractivity contribution in [2.45, 2.75) is 6.42 Å². The predicted octanol–water partition coefficient (Wildman–Crippen LogP) is 3.08. The van der Waals surface area contributed by atoms with Crippen molar-refractivity contribution in [2.24, 2.45) is 0 Å². The van der Waals surface area contributed by atoms with Crippen LogP contribution in [0.3, 0.4) is 0 Å². The monoisotopic (exact) mass is 338 g/mol. The van der Waals surface area contributed by atoms with Crippen LogP contribution in [0, 0.1) is 10.1 Å². The summed E-state index contributed by atoms with van der Waals surface area (Å²) >= 11 is 3.13. The second-order valence-corrected chi connectivity index (χ2v) is 4.83. The largest absolute Gasteiger partial charge is 0.433 e. The van der Waals surface area contributed by atoms with Crippen molar-refractivity contribution in [3.8, 4) is 11.6 Å². The fourth-order valence-corrected chi connectivity index (χ4v) is 1.98. The number of nitro groups is 1. The van der Waals surface area contributed by atoms with Crippen LogP contribution >= 0.6 is 15.9 Å². The number of halogens is 1. The van der Waals surface area contributed by atoms with Gasteiger partial charge >= 0.3 is 5.69 Å². The molecule has 0 radical (unpaired) electrons. The number of aliphatic hydroxyl groups excluding tert-OH is 1. The number of para-hydroxylation sites is 1. The molecule has 0 saturated heterocycles. The Kier molecular flexibility index (Phi) is 4.65. The molecule has 0 saturated carbocycles. The van der Waals surface area contributed by atoms with Crippen molar-refractivity contribution < 1.29 is 14.8 Å². The minimum absolute atomic E-state index is 0.0315. The average Bonchev–Trinajstić information content (AvgIpc) is 2.43. The van der Waals surface area contributed by atoms with Crippen LogP contribution in [0.5, 0.6) is 11.6 Å². The lowest BCUT2D eigenvalue weighted by Crippen LogP contribution is -1.99. The number of hydrogen-bond acceptors (Lipinski definition) is 5. The molecule has 1 N–H and O–H groups in total. The van der Waals surface area contributed by atoms with E-state index in [0.29, 0.717) is 16.6 Å². The van der Waals surface area contributed by atoms with Crippen LogP contribution < -0.4 is 4.74 Å². The lowest BCUT2D eigenvalue weighted by molar-refractivity contribution is -0.386. The first-order valence-electron chi connectivity index (χ1n) is 5.78. The van der Waals surface area contributed by atoms with E-state index in [-0.39, 0.29) is 18.2 Å². The maximum absolute atomic E-state index is 11.0. The Morgan fingerprint density at radius 2 is 2.15 bits per heavy atom. The minimum atomic E-state index is -0.554. The fourth-order valence-electron chi connectivity index (χ4n) is 1.66. The standard InChI is InChI=1S/C13H11BrN2O4/c14-10-7-11(16(18)19)13(15-8-10)20-12-4-2-1-3-9(12)5-6-17/h1-4,7-8,17H,5-6H2. The summed E-state index contributed by atoms with van der Waals surface area (Å²) < 4.78 is 6.02. The molecular formula is C13H11BrN2O4. The normalized spacial score (nSPS) is 10.3. The van der Waals surface area contributed by atoms with Crippen LogP contribution in [0.25, 0.3) is 0 Å². The van der Waals surface area contributed by atoms with Crippen molar-refractivity contribution in [2.75, 3.05) is 6.61 Å². The highest BCUT2D eigenvalue weighted by molar-refractivity contribution is 9.10. The van der Waals surface area contributed by atoms with Gasteiger partial charge in [0.2, 0.25) is 0 Å². The first-order valence-corrected chi connectivity index (χ1v) is 6.57. The smallest absolute Gasteiger partial charge is 0.332 e. The lowest BCUT2D eigenvalue weighted by atomic mass is 10.1. The third-order valence-electron chi connectivity index (χ3n) is 2.56. The van der Waals surface area contributed by atoms with E-state index in [2.05, 4.69) is 20.9 Å². The van der Waals surface area contributed by atoms with E-state index < -0.39 is 4.92 Å². The quantitative estimate of drug-likeness (QED) is 0.668. The summed E-state index contributed by atoms with van der Waals surface area (Å²) in [5.41, 5.74) is 0.534. The van der Waals surface area contributed by atoms with Crippen molar-refractivity contribution in [3.05, 3.63) is 56.7 Å². The first-order chi connectivity index (χ1) is 9.61. The van der Waals surface area contributed by atoms with Gasteiger partial charge in [-0.2, -0.15) is 0 Å². The van der Waals surface area contributed by atoms with E-state index in [1.165, 1.54) is 12.3 Å². The van der Waals surface area contributed by atoms with E-state index in [1.807, 2.05) is 0 Å². The Balaban J connectivity index is 2.37. The molecule has 2 aromatic rings. The lowest BCUT2D eigenvalue weighted by Gasteiger charge is -2.09. The van der Waals surface area contributed by atoms with Gasteiger partial charge in [-0.3, -0.25) is 10.1 Å². The van der Waals surface area contributed by atoms with Crippen LogP contribution in [-0.2, 0) is 6.42 Å². The topological polar surface area (TPSA) is 85.5 Å². The highest BCUT2D eigenvalue weighted by atomic mass is 79.9. The molecule has 0 aliphatic carbocycles. The number of ether oxygens (including phenoxy) is 1. The van der Waals surface area contributed by atoms with Crippen molar-refractivity contribution in [1.29, 1.82) is 0 Å². The Bertz CT molecular complexity index is 634. The van der Waals surface area contributed by atoms with Crippen molar-refractivity contribution >= 4 is 21.6 Å². The molecule has 7 heteroatoms. The van der Waals surface area contributed by atoms with Gasteiger partial charge in [-0.1, -0.05) is 18.2 Å². The fraction of sp³-hybridized carbons (Fsp3) is 0.154. The summed E-state index contributed by atoms with van der Waals surface area (Å²) in [6, 6.07) is 8.36. The summed E-state index contributed by atoms with van der Waals surface area (Å²) in [5, 5.41) is 20.0. The predicted molar refractivity (Wildman–Crippen MR) is 75.9 cm³/mol. The molecular weight excluding hydrogens is 328 g/mol. The summed E-state index contributed by atoms with van der Waals surface area (Å²) in [4.78, 5) is 14.4. The number of benzene rings is 1. The Labute approximate surface area is 123 Å². The number of aromatic nitrogens is 1. The SMILES string of the molecule is O=[N+]([O-])c1cc(Br)cnc1Oc1ccccc1CCO. The van der Waals surface area contributed by atoms with Gasteiger partial charge < -0.3 is 9.84 Å². The van der Waals surface area contributed by atoms with Gasteiger partial charge in [0.15, 0.2) is 0 Å². The second kappa shape index (κ2) is 6.44. The third-order valence-corrected chi connectivity index (χ3v) is 2.99. The number of rotatable bonds is 5. The van der Waals surface area contributed by atoms with E-state index in [9.17, 15) is 10.1 Å². The van der Waals surface area contributed by atoms with Gasteiger partial charge in [0, 0.05) is 23.3 Å². The molecule has 6 nitrogen and oxygen atoms in total. The molecule has 0 amide bonds. The third kappa shape index (κ3) is 3.31. The number of hydrogen-bond donors (Lipinski definition) is 1. The van der Waals surface area contributed by atoms with Crippen molar-refractivity contribution in [1.82, 2.24) is 4.98 Å². The average molecular weight is 339 g/mol. The van der Waals surface area contributed by atoms with Crippen LogP contribution in [0.2, 0.25) is 0 Å². The molecule has 0 atom stereocenters. The number of aliphatic hydroxyl groups is 1. The van der Waals surface area contributed by atoms with E-state index in [1.54, 1.807) is 24.3 Å². The molecule has 0 fully saturated rings. The molecule has 104 valence electrons. The molecule has 0 bridgehead atoms. The Morgan fingerprint density at radius 3 is 2.85 bits per heavy atom.